The van der Waals surface area contributed by atoms with Crippen molar-refractivity contribution in [3.8, 4) is 0 Å². The Morgan fingerprint density at radius 3 is 2.50 bits per heavy atom. The Labute approximate surface area is 86.9 Å². The first-order valence-corrected chi connectivity index (χ1v) is 4.95. The highest BCUT2D eigenvalue weighted by Gasteiger charge is 2.17. The van der Waals surface area contributed by atoms with Gasteiger partial charge in [0.05, 0.1) is 0 Å². The number of carbonyl (C=O) groups is 1. The van der Waals surface area contributed by atoms with Crippen molar-refractivity contribution in [2.75, 3.05) is 0 Å². The lowest BCUT2D eigenvalue weighted by Crippen LogP contribution is -2.04. The third kappa shape index (κ3) is 2.08. The summed E-state index contributed by atoms with van der Waals surface area (Å²) >= 11 is 6.34. The van der Waals surface area contributed by atoms with Crippen LogP contribution in [-0.4, -0.2) is 11.1 Å². The molecule has 0 aromatic heterocycles. The first-order valence-electron chi connectivity index (χ1n) is 3.24. The van der Waals surface area contributed by atoms with Crippen molar-refractivity contribution in [1.29, 1.82) is 0 Å². The van der Waals surface area contributed by atoms with E-state index in [0.29, 0.717) is 0 Å². The number of halogens is 2. The van der Waals surface area contributed by atoms with Crippen LogP contribution < -0.4 is 0 Å². The Kier molecular flexibility index (Phi) is 3.29. The molecule has 0 aliphatic heterocycles. The number of alkyl halides is 1. The zero-order valence-electron chi connectivity index (χ0n) is 6.00. The summed E-state index contributed by atoms with van der Waals surface area (Å²) in [7, 11) is 0. The Morgan fingerprint density at radius 1 is 1.42 bits per heavy atom. The van der Waals surface area contributed by atoms with Gasteiger partial charge >= 0.3 is 5.97 Å². The molecule has 4 heteroatoms. The largest absolute Gasteiger partial charge is 0.480 e. The lowest BCUT2D eigenvalue weighted by Gasteiger charge is -2.06. The van der Waals surface area contributed by atoms with Crippen LogP contribution in [0.4, 0.5) is 0 Å². The third-order valence-electron chi connectivity index (χ3n) is 1.40. The van der Waals surface area contributed by atoms with Crippen LogP contribution in [-0.2, 0) is 4.79 Å². The van der Waals surface area contributed by atoms with Crippen molar-refractivity contribution < 1.29 is 9.90 Å². The average Bonchev–Trinajstić information content (AvgIpc) is 2.04. The fourth-order valence-electron chi connectivity index (χ4n) is 0.814. The molecule has 2 nitrogen and oxygen atoms in total. The predicted octanol–water partition coefficient (Wildman–Crippen LogP) is 2.97. The lowest BCUT2D eigenvalue weighted by atomic mass is 10.1. The Hall–Kier alpha value is -0.350. The van der Waals surface area contributed by atoms with E-state index in [1.807, 2.05) is 12.1 Å². The molecule has 1 aromatic rings. The van der Waals surface area contributed by atoms with Crippen molar-refractivity contribution in [3.63, 3.8) is 0 Å². The zero-order chi connectivity index (χ0) is 9.14. The predicted molar refractivity (Wildman–Crippen MR) is 53.4 cm³/mol. The van der Waals surface area contributed by atoms with E-state index in [9.17, 15) is 4.79 Å². The smallest absolute Gasteiger partial charge is 0.321 e. The molecule has 0 saturated heterocycles. The average molecular weight is 294 g/mol. The highest BCUT2D eigenvalue weighted by Crippen LogP contribution is 2.29. The SMILES string of the molecule is O=C(O)C(Br)c1ccccc1Br. The van der Waals surface area contributed by atoms with E-state index in [-0.39, 0.29) is 0 Å². The van der Waals surface area contributed by atoms with Crippen LogP contribution >= 0.6 is 31.9 Å². The first-order chi connectivity index (χ1) is 5.63. The summed E-state index contributed by atoms with van der Waals surface area (Å²) in [5, 5.41) is 8.69. The standard InChI is InChI=1S/C8H6Br2O2/c9-6-4-2-1-3-5(6)7(10)8(11)12/h1-4,7H,(H,11,12). The van der Waals surface area contributed by atoms with Crippen molar-refractivity contribution in [1.82, 2.24) is 0 Å². The molecule has 1 aromatic carbocycles. The fraction of sp³-hybridized carbons (Fsp3) is 0.125. The van der Waals surface area contributed by atoms with Crippen LogP contribution in [0.25, 0.3) is 0 Å². The monoisotopic (exact) mass is 292 g/mol. The molecule has 1 N–H and O–H groups in total. The van der Waals surface area contributed by atoms with E-state index in [1.54, 1.807) is 12.1 Å². The maximum Gasteiger partial charge on any atom is 0.321 e. The number of carboxylic acid groups (broad SMARTS) is 1. The summed E-state index contributed by atoms with van der Waals surface area (Å²) in [5.41, 5.74) is 0.727. The molecular formula is C8H6Br2O2. The van der Waals surface area contributed by atoms with Gasteiger partial charge < -0.3 is 5.11 Å². The van der Waals surface area contributed by atoms with E-state index in [0.717, 1.165) is 10.0 Å². The van der Waals surface area contributed by atoms with Gasteiger partial charge in [0.1, 0.15) is 4.83 Å². The minimum Gasteiger partial charge on any atom is -0.480 e. The maximum atomic E-state index is 10.6. The molecule has 1 rings (SSSR count). The van der Waals surface area contributed by atoms with Gasteiger partial charge in [0.2, 0.25) is 0 Å². The number of carboxylic acids is 1. The number of aliphatic carboxylic acids is 1. The summed E-state index contributed by atoms with van der Waals surface area (Å²) in [4.78, 5) is 9.94. The van der Waals surface area contributed by atoms with Gasteiger partial charge in [0, 0.05) is 4.47 Å². The number of rotatable bonds is 2. The lowest BCUT2D eigenvalue weighted by molar-refractivity contribution is -0.136. The molecule has 0 fully saturated rings. The summed E-state index contributed by atoms with van der Waals surface area (Å²) in [6, 6.07) is 7.22. The molecule has 64 valence electrons. The highest BCUT2D eigenvalue weighted by atomic mass is 79.9. The number of hydrogen-bond acceptors (Lipinski definition) is 1. The van der Waals surface area contributed by atoms with E-state index in [4.69, 9.17) is 5.11 Å². The molecule has 0 spiro atoms. The maximum absolute atomic E-state index is 10.6. The van der Waals surface area contributed by atoms with Crippen LogP contribution in [0, 0.1) is 0 Å². The van der Waals surface area contributed by atoms with Gasteiger partial charge in [-0.05, 0) is 11.6 Å². The Bertz CT molecular complexity index is 299. The van der Waals surface area contributed by atoms with Gasteiger partial charge in [-0.3, -0.25) is 4.79 Å². The van der Waals surface area contributed by atoms with Gasteiger partial charge in [-0.2, -0.15) is 0 Å². The summed E-state index contributed by atoms with van der Waals surface area (Å²) in [6.45, 7) is 0. The van der Waals surface area contributed by atoms with Gasteiger partial charge in [-0.1, -0.05) is 50.1 Å². The summed E-state index contributed by atoms with van der Waals surface area (Å²) in [6.07, 6.45) is 0. The zero-order valence-corrected chi connectivity index (χ0v) is 9.17. The second-order valence-corrected chi connectivity index (χ2v) is 3.99. The van der Waals surface area contributed by atoms with E-state index in [1.165, 1.54) is 0 Å². The fourth-order valence-corrected chi connectivity index (χ4v) is 2.03. The van der Waals surface area contributed by atoms with E-state index in [2.05, 4.69) is 31.9 Å². The minimum absolute atomic E-state index is 0.645. The topological polar surface area (TPSA) is 37.3 Å². The summed E-state index contributed by atoms with van der Waals surface area (Å²) < 4.78 is 0.800. The molecular weight excluding hydrogens is 288 g/mol. The normalized spacial score (nSPS) is 12.5. The number of benzene rings is 1. The van der Waals surface area contributed by atoms with Crippen molar-refractivity contribution >= 4 is 37.8 Å². The van der Waals surface area contributed by atoms with Crippen LogP contribution in [0.2, 0.25) is 0 Å². The van der Waals surface area contributed by atoms with Crippen LogP contribution in [0.15, 0.2) is 28.7 Å². The highest BCUT2D eigenvalue weighted by molar-refractivity contribution is 9.11. The molecule has 0 amide bonds. The van der Waals surface area contributed by atoms with Gasteiger partial charge in [-0.25, -0.2) is 0 Å². The van der Waals surface area contributed by atoms with Crippen LogP contribution in [0.1, 0.15) is 10.4 Å². The van der Waals surface area contributed by atoms with Gasteiger partial charge in [0.15, 0.2) is 0 Å². The molecule has 1 unspecified atom stereocenters. The molecule has 0 heterocycles. The Morgan fingerprint density at radius 2 is 2.00 bits per heavy atom. The van der Waals surface area contributed by atoms with Crippen molar-refractivity contribution in [3.05, 3.63) is 34.3 Å². The van der Waals surface area contributed by atoms with Gasteiger partial charge in [0.25, 0.3) is 0 Å². The second kappa shape index (κ2) is 4.05. The minimum atomic E-state index is -0.887. The van der Waals surface area contributed by atoms with Crippen LogP contribution in [0.3, 0.4) is 0 Å². The second-order valence-electron chi connectivity index (χ2n) is 2.22. The third-order valence-corrected chi connectivity index (χ3v) is 3.00. The van der Waals surface area contributed by atoms with Crippen LogP contribution in [0.5, 0.6) is 0 Å². The number of hydrogen-bond donors (Lipinski definition) is 1. The molecule has 0 radical (unpaired) electrons. The van der Waals surface area contributed by atoms with Gasteiger partial charge in [-0.15, -0.1) is 0 Å². The molecule has 0 aliphatic rings. The molecule has 1 atom stereocenters. The Balaban J connectivity index is 3.02. The molecule has 12 heavy (non-hydrogen) atoms. The molecule has 0 bridgehead atoms. The summed E-state index contributed by atoms with van der Waals surface area (Å²) in [5.74, 6) is -0.887. The van der Waals surface area contributed by atoms with E-state index >= 15 is 0 Å². The first kappa shape index (κ1) is 9.74. The van der Waals surface area contributed by atoms with Crippen molar-refractivity contribution in [2.45, 2.75) is 4.83 Å². The molecule has 0 aliphatic carbocycles. The van der Waals surface area contributed by atoms with Crippen molar-refractivity contribution in [2.24, 2.45) is 0 Å². The quantitative estimate of drug-likeness (QED) is 0.851. The molecule has 0 saturated carbocycles. The van der Waals surface area contributed by atoms with E-state index < -0.39 is 10.8 Å².